The molecule has 1 amide bonds. The van der Waals surface area contributed by atoms with Crippen LogP contribution in [0.4, 0.5) is 8.78 Å². The number of carbonyl (C=O) groups excluding carboxylic acids is 1. The predicted molar refractivity (Wildman–Crippen MR) is 118 cm³/mol. The number of aliphatic carboxylic acids is 1. The highest BCUT2D eigenvalue weighted by atomic mass is 19.1. The molecular formula is C25H23F2NO5. The third-order valence-electron chi connectivity index (χ3n) is 5.16. The summed E-state index contributed by atoms with van der Waals surface area (Å²) >= 11 is 0. The fourth-order valence-corrected chi connectivity index (χ4v) is 3.20. The maximum Gasteiger partial charge on any atom is 0.344 e. The Morgan fingerprint density at radius 1 is 1.00 bits per heavy atom. The highest BCUT2D eigenvalue weighted by Gasteiger charge is 2.17. The Labute approximate surface area is 189 Å². The molecule has 0 radical (unpaired) electrons. The van der Waals surface area contributed by atoms with Crippen LogP contribution in [0.25, 0.3) is 11.1 Å². The molecule has 0 bridgehead atoms. The number of phenols is 1. The van der Waals surface area contributed by atoms with Gasteiger partial charge in [0.1, 0.15) is 23.1 Å². The number of carbonyl (C=O) groups is 2. The van der Waals surface area contributed by atoms with E-state index in [0.717, 1.165) is 17.7 Å². The standard InChI is InChI=1S/C25H23F2NO5/c1-14(16-3-7-19(8-4-16)33-15(2)25(31)32)13-28-24(30)21-11-17(5-10-23(21)29)20-9-6-18(26)12-22(20)27/h3-12,14-15,29H,13H2,1-2H3,(H,28,30)(H,31,32). The summed E-state index contributed by atoms with van der Waals surface area (Å²) in [7, 11) is 0. The zero-order chi connectivity index (χ0) is 24.1. The van der Waals surface area contributed by atoms with Gasteiger partial charge in [-0.2, -0.15) is 0 Å². The van der Waals surface area contributed by atoms with Crippen molar-refractivity contribution < 1.29 is 33.3 Å². The van der Waals surface area contributed by atoms with Crippen LogP contribution in [0, 0.1) is 11.6 Å². The minimum atomic E-state index is -1.07. The molecule has 8 heteroatoms. The van der Waals surface area contributed by atoms with Gasteiger partial charge in [-0.25, -0.2) is 13.6 Å². The lowest BCUT2D eigenvalue weighted by molar-refractivity contribution is -0.144. The Balaban J connectivity index is 1.67. The molecule has 172 valence electrons. The second-order valence-electron chi connectivity index (χ2n) is 7.63. The number of carboxylic acids is 1. The van der Waals surface area contributed by atoms with Gasteiger partial charge in [-0.3, -0.25) is 4.79 Å². The third kappa shape index (κ3) is 5.85. The number of ether oxygens (including phenoxy) is 1. The average molecular weight is 455 g/mol. The fourth-order valence-electron chi connectivity index (χ4n) is 3.20. The van der Waals surface area contributed by atoms with E-state index in [1.807, 2.05) is 6.92 Å². The van der Waals surface area contributed by atoms with Gasteiger partial charge in [0.25, 0.3) is 5.91 Å². The van der Waals surface area contributed by atoms with Crippen LogP contribution in [0.3, 0.4) is 0 Å². The van der Waals surface area contributed by atoms with Gasteiger partial charge in [0, 0.05) is 18.2 Å². The Morgan fingerprint density at radius 3 is 2.33 bits per heavy atom. The van der Waals surface area contributed by atoms with Crippen molar-refractivity contribution in [1.29, 1.82) is 0 Å². The predicted octanol–water partition coefficient (Wildman–Crippen LogP) is 4.72. The molecule has 0 saturated heterocycles. The van der Waals surface area contributed by atoms with E-state index in [9.17, 15) is 23.5 Å². The van der Waals surface area contributed by atoms with Crippen LogP contribution < -0.4 is 10.1 Å². The summed E-state index contributed by atoms with van der Waals surface area (Å²) in [4.78, 5) is 23.5. The quantitative estimate of drug-likeness (QED) is 0.457. The molecule has 2 unspecified atom stereocenters. The van der Waals surface area contributed by atoms with Gasteiger partial charge in [0.2, 0.25) is 0 Å². The molecule has 0 spiro atoms. The number of benzene rings is 3. The number of rotatable bonds is 8. The van der Waals surface area contributed by atoms with E-state index in [-0.39, 0.29) is 29.3 Å². The molecule has 6 nitrogen and oxygen atoms in total. The first kappa shape index (κ1) is 23.7. The monoisotopic (exact) mass is 455 g/mol. The molecule has 3 aromatic rings. The Kier molecular flexibility index (Phi) is 7.27. The lowest BCUT2D eigenvalue weighted by Gasteiger charge is -2.16. The topological polar surface area (TPSA) is 95.9 Å². The molecule has 0 aromatic heterocycles. The molecule has 3 aromatic carbocycles. The first-order valence-electron chi connectivity index (χ1n) is 10.2. The number of aromatic hydroxyl groups is 1. The van der Waals surface area contributed by atoms with Gasteiger partial charge in [-0.1, -0.05) is 25.1 Å². The van der Waals surface area contributed by atoms with Crippen molar-refractivity contribution in [1.82, 2.24) is 5.32 Å². The lowest BCUT2D eigenvalue weighted by atomic mass is 10.00. The van der Waals surface area contributed by atoms with Crippen LogP contribution in [-0.4, -0.2) is 34.7 Å². The van der Waals surface area contributed by atoms with Gasteiger partial charge >= 0.3 is 5.97 Å². The SMILES string of the molecule is CC(Oc1ccc(C(C)CNC(=O)c2cc(-c3ccc(F)cc3F)ccc2O)cc1)C(=O)O. The van der Waals surface area contributed by atoms with E-state index in [1.165, 1.54) is 31.2 Å². The van der Waals surface area contributed by atoms with Gasteiger partial charge in [-0.05, 0) is 60.4 Å². The third-order valence-corrected chi connectivity index (χ3v) is 5.16. The highest BCUT2D eigenvalue weighted by Crippen LogP contribution is 2.28. The Hall–Kier alpha value is -3.94. The van der Waals surface area contributed by atoms with Crippen LogP contribution >= 0.6 is 0 Å². The van der Waals surface area contributed by atoms with Crippen molar-refractivity contribution in [3.8, 4) is 22.6 Å². The van der Waals surface area contributed by atoms with E-state index < -0.39 is 29.6 Å². The van der Waals surface area contributed by atoms with Crippen molar-refractivity contribution in [2.24, 2.45) is 0 Å². The second kappa shape index (κ2) is 10.1. The van der Waals surface area contributed by atoms with E-state index in [0.29, 0.717) is 11.3 Å². The summed E-state index contributed by atoms with van der Waals surface area (Å²) in [5.74, 6) is -3.03. The number of nitrogens with one attached hydrogen (secondary N) is 1. The molecule has 0 fully saturated rings. The van der Waals surface area contributed by atoms with Crippen molar-refractivity contribution in [2.75, 3.05) is 6.54 Å². The summed E-state index contributed by atoms with van der Waals surface area (Å²) < 4.78 is 32.6. The molecule has 3 rings (SSSR count). The van der Waals surface area contributed by atoms with E-state index >= 15 is 0 Å². The molecule has 0 saturated carbocycles. The van der Waals surface area contributed by atoms with Gasteiger partial charge in [-0.15, -0.1) is 0 Å². The minimum Gasteiger partial charge on any atom is -0.507 e. The van der Waals surface area contributed by atoms with Crippen molar-refractivity contribution in [3.05, 3.63) is 83.4 Å². The van der Waals surface area contributed by atoms with E-state index in [2.05, 4.69) is 5.32 Å². The molecule has 0 aliphatic carbocycles. The number of phenolic OH excluding ortho intramolecular Hbond substituents is 1. The molecule has 33 heavy (non-hydrogen) atoms. The number of hydrogen-bond donors (Lipinski definition) is 3. The van der Waals surface area contributed by atoms with E-state index in [1.54, 1.807) is 24.3 Å². The summed E-state index contributed by atoms with van der Waals surface area (Å²) in [6.45, 7) is 3.57. The van der Waals surface area contributed by atoms with Gasteiger partial charge in [0.05, 0.1) is 5.56 Å². The number of hydrogen-bond acceptors (Lipinski definition) is 4. The largest absolute Gasteiger partial charge is 0.507 e. The van der Waals surface area contributed by atoms with Gasteiger partial charge < -0.3 is 20.3 Å². The van der Waals surface area contributed by atoms with Crippen molar-refractivity contribution in [3.63, 3.8) is 0 Å². The molecular weight excluding hydrogens is 432 g/mol. The van der Waals surface area contributed by atoms with Crippen LogP contribution in [0.2, 0.25) is 0 Å². The summed E-state index contributed by atoms with van der Waals surface area (Å²) in [5, 5.41) is 21.8. The summed E-state index contributed by atoms with van der Waals surface area (Å²) in [6, 6.07) is 14.1. The Morgan fingerprint density at radius 2 is 1.70 bits per heavy atom. The van der Waals surface area contributed by atoms with Crippen LogP contribution in [0.1, 0.15) is 35.7 Å². The lowest BCUT2D eigenvalue weighted by Crippen LogP contribution is -2.27. The Bertz CT molecular complexity index is 1160. The molecule has 2 atom stereocenters. The first-order valence-corrected chi connectivity index (χ1v) is 10.2. The summed E-state index contributed by atoms with van der Waals surface area (Å²) in [5.41, 5.74) is 1.29. The first-order chi connectivity index (χ1) is 15.7. The summed E-state index contributed by atoms with van der Waals surface area (Å²) in [6.07, 6.45) is -0.973. The number of carboxylic acid groups (broad SMARTS) is 1. The zero-order valence-electron chi connectivity index (χ0n) is 18.0. The molecule has 3 N–H and O–H groups in total. The highest BCUT2D eigenvalue weighted by molar-refractivity contribution is 5.98. The van der Waals surface area contributed by atoms with Crippen LogP contribution in [-0.2, 0) is 4.79 Å². The minimum absolute atomic E-state index is 0.0326. The molecule has 0 aliphatic heterocycles. The van der Waals surface area contributed by atoms with Crippen LogP contribution in [0.15, 0.2) is 60.7 Å². The smallest absolute Gasteiger partial charge is 0.344 e. The van der Waals surface area contributed by atoms with Gasteiger partial charge in [0.15, 0.2) is 6.10 Å². The van der Waals surface area contributed by atoms with Crippen LogP contribution in [0.5, 0.6) is 11.5 Å². The van der Waals surface area contributed by atoms with Crippen molar-refractivity contribution in [2.45, 2.75) is 25.9 Å². The maximum absolute atomic E-state index is 14.1. The fraction of sp³-hybridized carbons (Fsp3) is 0.200. The molecule has 0 aliphatic rings. The van der Waals surface area contributed by atoms with E-state index in [4.69, 9.17) is 9.84 Å². The molecule has 0 heterocycles. The zero-order valence-corrected chi connectivity index (χ0v) is 18.0. The number of halogens is 2. The average Bonchev–Trinajstić information content (AvgIpc) is 2.78. The number of amides is 1. The second-order valence-corrected chi connectivity index (χ2v) is 7.63. The normalized spacial score (nSPS) is 12.6. The maximum atomic E-state index is 14.1. The van der Waals surface area contributed by atoms with Crippen molar-refractivity contribution >= 4 is 11.9 Å².